The second-order valence-corrected chi connectivity index (χ2v) is 7.05. The van der Waals surface area contributed by atoms with Gasteiger partial charge in [0.15, 0.2) is 0 Å². The monoisotopic (exact) mass is 239 g/mol. The molecule has 1 saturated carbocycles. The molecular weight excluding hydrogens is 214 g/mol. The lowest BCUT2D eigenvalue weighted by atomic mass is 9.88. The first-order chi connectivity index (χ1) is 7.66. The Balaban J connectivity index is 1.94. The smallest absolute Gasteiger partial charge is 0.227 e. The number of β-amino-alcohol motifs (C(OH)–C–C–N with tert-alkyl or cyclic N) is 1. The summed E-state index contributed by atoms with van der Waals surface area (Å²) >= 11 is 0. The van der Waals surface area contributed by atoms with Crippen LogP contribution in [0.1, 0.15) is 47.5 Å². The van der Waals surface area contributed by atoms with Crippen LogP contribution in [-0.2, 0) is 4.79 Å². The average molecular weight is 239 g/mol. The molecule has 2 aliphatic rings. The van der Waals surface area contributed by atoms with Crippen molar-refractivity contribution in [1.29, 1.82) is 0 Å². The van der Waals surface area contributed by atoms with Crippen LogP contribution in [0.25, 0.3) is 0 Å². The Kier molecular flexibility index (Phi) is 2.63. The summed E-state index contributed by atoms with van der Waals surface area (Å²) in [4.78, 5) is 14.2. The normalized spacial score (nSPS) is 28.7. The highest BCUT2D eigenvalue weighted by Gasteiger charge is 2.69. The fraction of sp³-hybridized carbons (Fsp3) is 0.929. The van der Waals surface area contributed by atoms with E-state index in [2.05, 4.69) is 34.6 Å². The zero-order chi connectivity index (χ0) is 13.1. The molecule has 2 fully saturated rings. The van der Waals surface area contributed by atoms with E-state index >= 15 is 0 Å². The highest BCUT2D eigenvalue weighted by Crippen LogP contribution is 2.69. The molecule has 2 rings (SSSR count). The van der Waals surface area contributed by atoms with Crippen molar-refractivity contribution in [2.24, 2.45) is 16.7 Å². The zero-order valence-corrected chi connectivity index (χ0v) is 11.7. The lowest BCUT2D eigenvalue weighted by molar-refractivity contribution is -0.159. The number of nitrogens with zero attached hydrogens (tertiary/aromatic N) is 1. The maximum Gasteiger partial charge on any atom is 0.227 e. The highest BCUT2D eigenvalue weighted by molar-refractivity contribution is 5.85. The lowest BCUT2D eigenvalue weighted by Gasteiger charge is -2.47. The standard InChI is InChI=1S/C14H25NO2/c1-6-7-14(17)8-15(9-14)11(16)10-12(2,3)13(10,4)5/h10,17H,6-9H2,1-5H3. The molecule has 98 valence electrons. The fourth-order valence-electron chi connectivity index (χ4n) is 3.44. The molecule has 0 aromatic carbocycles. The maximum absolute atomic E-state index is 12.3. The summed E-state index contributed by atoms with van der Waals surface area (Å²) in [6.07, 6.45) is 1.77. The Hall–Kier alpha value is -0.570. The van der Waals surface area contributed by atoms with E-state index in [0.717, 1.165) is 12.8 Å². The van der Waals surface area contributed by atoms with E-state index in [1.807, 2.05) is 4.90 Å². The largest absolute Gasteiger partial charge is 0.386 e. The maximum atomic E-state index is 12.3. The van der Waals surface area contributed by atoms with E-state index in [-0.39, 0.29) is 22.7 Å². The van der Waals surface area contributed by atoms with Crippen LogP contribution in [0.4, 0.5) is 0 Å². The third-order valence-corrected chi connectivity index (χ3v) is 5.27. The van der Waals surface area contributed by atoms with Crippen LogP contribution in [-0.4, -0.2) is 34.6 Å². The van der Waals surface area contributed by atoms with Gasteiger partial charge in [-0.15, -0.1) is 0 Å². The highest BCUT2D eigenvalue weighted by atomic mass is 16.3. The number of carbonyl (C=O) groups excluding carboxylic acids is 1. The third kappa shape index (κ3) is 1.70. The number of hydrogen-bond donors (Lipinski definition) is 1. The summed E-state index contributed by atoms with van der Waals surface area (Å²) in [5.41, 5.74) is -0.404. The number of hydrogen-bond acceptors (Lipinski definition) is 2. The van der Waals surface area contributed by atoms with Gasteiger partial charge in [-0.2, -0.15) is 0 Å². The van der Waals surface area contributed by atoms with Gasteiger partial charge in [0.25, 0.3) is 0 Å². The summed E-state index contributed by atoms with van der Waals surface area (Å²) in [6, 6.07) is 0. The Morgan fingerprint density at radius 1 is 1.24 bits per heavy atom. The molecule has 0 aromatic rings. The van der Waals surface area contributed by atoms with Crippen molar-refractivity contribution in [1.82, 2.24) is 4.90 Å². The van der Waals surface area contributed by atoms with Crippen LogP contribution in [0.3, 0.4) is 0 Å². The molecule has 0 aromatic heterocycles. The van der Waals surface area contributed by atoms with Gasteiger partial charge in [0, 0.05) is 5.92 Å². The average Bonchev–Trinajstić information content (AvgIpc) is 2.53. The Labute approximate surface area is 104 Å². The van der Waals surface area contributed by atoms with E-state index in [1.54, 1.807) is 0 Å². The molecule has 0 unspecified atom stereocenters. The van der Waals surface area contributed by atoms with Crippen molar-refractivity contribution in [2.75, 3.05) is 13.1 Å². The molecule has 0 radical (unpaired) electrons. The zero-order valence-electron chi connectivity index (χ0n) is 11.7. The number of amides is 1. The topological polar surface area (TPSA) is 40.5 Å². The number of rotatable bonds is 3. The van der Waals surface area contributed by atoms with E-state index < -0.39 is 5.60 Å². The molecule has 0 spiro atoms. The van der Waals surface area contributed by atoms with Gasteiger partial charge in [-0.05, 0) is 17.3 Å². The summed E-state index contributed by atoms with van der Waals surface area (Å²) < 4.78 is 0. The van der Waals surface area contributed by atoms with E-state index in [0.29, 0.717) is 13.1 Å². The van der Waals surface area contributed by atoms with Crippen LogP contribution in [0, 0.1) is 16.7 Å². The molecule has 1 heterocycles. The van der Waals surface area contributed by atoms with Crippen LogP contribution in [0.5, 0.6) is 0 Å². The molecule has 1 amide bonds. The molecule has 0 atom stereocenters. The molecule has 17 heavy (non-hydrogen) atoms. The summed E-state index contributed by atoms with van der Waals surface area (Å²) in [7, 11) is 0. The van der Waals surface area contributed by atoms with Crippen molar-refractivity contribution in [3.8, 4) is 0 Å². The van der Waals surface area contributed by atoms with Gasteiger partial charge in [0.1, 0.15) is 0 Å². The first kappa shape index (κ1) is 12.9. The van der Waals surface area contributed by atoms with Gasteiger partial charge in [-0.1, -0.05) is 41.0 Å². The van der Waals surface area contributed by atoms with E-state index in [4.69, 9.17) is 0 Å². The first-order valence-corrected chi connectivity index (χ1v) is 6.67. The fourth-order valence-corrected chi connectivity index (χ4v) is 3.44. The predicted molar refractivity (Wildman–Crippen MR) is 67.5 cm³/mol. The molecule has 1 aliphatic carbocycles. The summed E-state index contributed by atoms with van der Waals surface area (Å²) in [6.45, 7) is 11.8. The van der Waals surface area contributed by atoms with Gasteiger partial charge in [0.05, 0.1) is 18.7 Å². The minimum Gasteiger partial charge on any atom is -0.386 e. The van der Waals surface area contributed by atoms with Crippen molar-refractivity contribution >= 4 is 5.91 Å². The first-order valence-electron chi connectivity index (χ1n) is 6.67. The molecule has 0 bridgehead atoms. The van der Waals surface area contributed by atoms with Crippen LogP contribution < -0.4 is 0 Å². The summed E-state index contributed by atoms with van der Waals surface area (Å²) in [5, 5.41) is 10.1. The van der Waals surface area contributed by atoms with Crippen molar-refractivity contribution in [3.63, 3.8) is 0 Å². The predicted octanol–water partition coefficient (Wildman–Crippen LogP) is 2.04. The van der Waals surface area contributed by atoms with Gasteiger partial charge < -0.3 is 10.0 Å². The van der Waals surface area contributed by atoms with Crippen molar-refractivity contribution < 1.29 is 9.90 Å². The van der Waals surface area contributed by atoms with Gasteiger partial charge in [0.2, 0.25) is 5.91 Å². The molecule has 1 saturated heterocycles. The van der Waals surface area contributed by atoms with Crippen molar-refractivity contribution in [3.05, 3.63) is 0 Å². The second-order valence-electron chi connectivity index (χ2n) is 7.05. The summed E-state index contributed by atoms with van der Waals surface area (Å²) in [5.74, 6) is 0.363. The lowest BCUT2D eigenvalue weighted by Crippen LogP contribution is -2.64. The molecule has 1 N–H and O–H groups in total. The number of aliphatic hydroxyl groups is 1. The molecule has 3 heteroatoms. The Bertz CT molecular complexity index is 326. The molecular formula is C14H25NO2. The van der Waals surface area contributed by atoms with Gasteiger partial charge in [-0.25, -0.2) is 0 Å². The second kappa shape index (κ2) is 3.47. The molecule has 1 aliphatic heterocycles. The minimum atomic E-state index is -0.604. The number of carbonyl (C=O) groups is 1. The Morgan fingerprint density at radius 2 is 1.71 bits per heavy atom. The van der Waals surface area contributed by atoms with E-state index in [9.17, 15) is 9.90 Å². The number of likely N-dealkylation sites (tertiary alicyclic amines) is 1. The van der Waals surface area contributed by atoms with Gasteiger partial charge >= 0.3 is 0 Å². The Morgan fingerprint density at radius 3 is 2.06 bits per heavy atom. The third-order valence-electron chi connectivity index (χ3n) is 5.27. The van der Waals surface area contributed by atoms with Crippen LogP contribution >= 0.6 is 0 Å². The van der Waals surface area contributed by atoms with Crippen LogP contribution in [0.15, 0.2) is 0 Å². The SMILES string of the molecule is CCCC1(O)CN(C(=O)C2C(C)(C)C2(C)C)C1. The van der Waals surface area contributed by atoms with Crippen LogP contribution in [0.2, 0.25) is 0 Å². The van der Waals surface area contributed by atoms with Gasteiger partial charge in [-0.3, -0.25) is 4.79 Å². The quantitative estimate of drug-likeness (QED) is 0.819. The van der Waals surface area contributed by atoms with Crippen molar-refractivity contribution in [2.45, 2.75) is 53.1 Å². The molecule has 3 nitrogen and oxygen atoms in total. The van der Waals surface area contributed by atoms with E-state index in [1.165, 1.54) is 0 Å². The minimum absolute atomic E-state index is 0.0997.